The first-order chi connectivity index (χ1) is 21.0. The molecule has 0 unspecified atom stereocenters. The van der Waals surface area contributed by atoms with Crippen molar-refractivity contribution in [3.63, 3.8) is 0 Å². The highest BCUT2D eigenvalue weighted by atomic mass is 16.6. The summed E-state index contributed by atoms with van der Waals surface area (Å²) in [7, 11) is 0. The van der Waals surface area contributed by atoms with Crippen LogP contribution >= 0.6 is 0 Å². The number of hydrogen-bond acceptors (Lipinski definition) is 6. The number of carbonyl (C=O) groups excluding carboxylic acids is 2. The lowest BCUT2D eigenvalue weighted by molar-refractivity contribution is 0.0470. The Morgan fingerprint density at radius 2 is 1.68 bits per heavy atom. The van der Waals surface area contributed by atoms with E-state index in [-0.39, 0.29) is 18.0 Å². The Hall–Kier alpha value is -4.56. The SMILES string of the molecule is Cc1ccc(-c2cc(CN3CCC[C@H](NC(=O)OC(C)(C)C)C3)cc(NC(=O)c3cc(-c4ccccc4)cc(C)n3)c2)cn1. The number of aryl methyl sites for hydroxylation is 2. The molecule has 8 heteroatoms. The number of aromatic nitrogens is 2. The third-order valence-corrected chi connectivity index (χ3v) is 7.42. The van der Waals surface area contributed by atoms with Crippen LogP contribution in [0.15, 0.2) is 79.0 Å². The normalized spacial score (nSPS) is 15.4. The molecule has 2 aromatic carbocycles. The van der Waals surface area contributed by atoms with Crippen molar-refractivity contribution in [3.05, 3.63) is 102 Å². The summed E-state index contributed by atoms with van der Waals surface area (Å²) in [6.45, 7) is 11.8. The van der Waals surface area contributed by atoms with Crippen molar-refractivity contribution in [2.75, 3.05) is 18.4 Å². The highest BCUT2D eigenvalue weighted by Crippen LogP contribution is 2.27. The number of hydrogen-bond donors (Lipinski definition) is 2. The first-order valence-electron chi connectivity index (χ1n) is 15.1. The predicted octanol–water partition coefficient (Wildman–Crippen LogP) is 7.17. The van der Waals surface area contributed by atoms with Crippen molar-refractivity contribution in [1.29, 1.82) is 0 Å². The quantitative estimate of drug-likeness (QED) is 0.237. The zero-order valence-electron chi connectivity index (χ0n) is 26.2. The van der Waals surface area contributed by atoms with Gasteiger partial charge in [0.15, 0.2) is 0 Å². The lowest BCUT2D eigenvalue weighted by atomic mass is 10.0. The monoisotopic (exact) mass is 591 g/mol. The Balaban J connectivity index is 1.37. The second kappa shape index (κ2) is 13.4. The second-order valence-electron chi connectivity index (χ2n) is 12.5. The van der Waals surface area contributed by atoms with E-state index in [1.807, 2.05) is 108 Å². The van der Waals surface area contributed by atoms with E-state index in [0.29, 0.717) is 24.5 Å². The number of anilines is 1. The molecule has 1 atom stereocenters. The average Bonchev–Trinajstić information content (AvgIpc) is 2.97. The second-order valence-corrected chi connectivity index (χ2v) is 12.5. The molecule has 0 saturated carbocycles. The maximum absolute atomic E-state index is 13.5. The zero-order valence-corrected chi connectivity index (χ0v) is 26.2. The predicted molar refractivity (Wildman–Crippen MR) is 174 cm³/mol. The Kier molecular flexibility index (Phi) is 9.40. The zero-order chi connectivity index (χ0) is 31.3. The number of benzene rings is 2. The van der Waals surface area contributed by atoms with Gasteiger partial charge >= 0.3 is 6.09 Å². The van der Waals surface area contributed by atoms with Crippen LogP contribution in [0, 0.1) is 13.8 Å². The van der Waals surface area contributed by atoms with Crippen LogP contribution in [0.4, 0.5) is 10.5 Å². The molecule has 2 N–H and O–H groups in total. The number of likely N-dealkylation sites (tertiary alicyclic amines) is 1. The fraction of sp³-hybridized carbons (Fsp3) is 0.333. The topological polar surface area (TPSA) is 96.5 Å². The Labute approximate surface area is 259 Å². The van der Waals surface area contributed by atoms with Gasteiger partial charge in [0.05, 0.1) is 0 Å². The summed E-state index contributed by atoms with van der Waals surface area (Å²) in [5.74, 6) is -0.268. The summed E-state index contributed by atoms with van der Waals surface area (Å²) < 4.78 is 5.48. The molecular formula is C36H41N5O3. The number of nitrogens with zero attached hydrogens (tertiary/aromatic N) is 3. The van der Waals surface area contributed by atoms with Crippen LogP contribution in [0.25, 0.3) is 22.3 Å². The van der Waals surface area contributed by atoms with E-state index in [1.54, 1.807) is 0 Å². The minimum atomic E-state index is -0.540. The highest BCUT2D eigenvalue weighted by Gasteiger charge is 2.24. The van der Waals surface area contributed by atoms with Gasteiger partial charge in [-0.2, -0.15) is 0 Å². The number of piperidine rings is 1. The molecule has 228 valence electrons. The van der Waals surface area contributed by atoms with Crippen molar-refractivity contribution < 1.29 is 14.3 Å². The molecular weight excluding hydrogens is 550 g/mol. The van der Waals surface area contributed by atoms with Gasteiger partial charge in [-0.25, -0.2) is 9.78 Å². The van der Waals surface area contributed by atoms with Crippen molar-refractivity contribution >= 4 is 17.7 Å². The van der Waals surface area contributed by atoms with E-state index in [1.165, 1.54) is 0 Å². The summed E-state index contributed by atoms with van der Waals surface area (Å²) in [5.41, 5.74) is 7.19. The van der Waals surface area contributed by atoms with Crippen LogP contribution < -0.4 is 10.6 Å². The maximum atomic E-state index is 13.5. The lowest BCUT2D eigenvalue weighted by Crippen LogP contribution is -2.48. The fourth-order valence-electron chi connectivity index (χ4n) is 5.49. The Morgan fingerprint density at radius 1 is 0.909 bits per heavy atom. The number of amides is 2. The molecule has 2 amide bonds. The van der Waals surface area contributed by atoms with E-state index in [2.05, 4.69) is 31.6 Å². The van der Waals surface area contributed by atoms with Gasteiger partial charge in [-0.15, -0.1) is 0 Å². The van der Waals surface area contributed by atoms with Crippen LogP contribution in [-0.4, -0.2) is 51.6 Å². The number of pyridine rings is 2. The average molecular weight is 592 g/mol. The van der Waals surface area contributed by atoms with Crippen molar-refractivity contribution in [2.24, 2.45) is 0 Å². The lowest BCUT2D eigenvalue weighted by Gasteiger charge is -2.33. The molecule has 5 rings (SSSR count). The van der Waals surface area contributed by atoms with E-state index in [9.17, 15) is 9.59 Å². The molecule has 1 aliphatic rings. The molecule has 0 radical (unpaired) electrons. The molecule has 1 aliphatic heterocycles. The third-order valence-electron chi connectivity index (χ3n) is 7.42. The molecule has 3 heterocycles. The van der Waals surface area contributed by atoms with E-state index in [0.717, 1.165) is 58.6 Å². The van der Waals surface area contributed by atoms with Crippen LogP contribution in [0.5, 0.6) is 0 Å². The van der Waals surface area contributed by atoms with Crippen LogP contribution in [0.3, 0.4) is 0 Å². The minimum absolute atomic E-state index is 0.00783. The number of ether oxygens (including phenoxy) is 1. The van der Waals surface area contributed by atoms with Gasteiger partial charge in [-0.1, -0.05) is 36.4 Å². The summed E-state index contributed by atoms with van der Waals surface area (Å²) in [6, 6.07) is 24.0. The largest absolute Gasteiger partial charge is 0.444 e. The number of rotatable bonds is 7. The molecule has 44 heavy (non-hydrogen) atoms. The van der Waals surface area contributed by atoms with Gasteiger partial charge in [-0.3, -0.25) is 14.7 Å². The maximum Gasteiger partial charge on any atom is 0.407 e. The molecule has 0 spiro atoms. The van der Waals surface area contributed by atoms with Gasteiger partial charge in [0.2, 0.25) is 0 Å². The molecule has 0 bridgehead atoms. The van der Waals surface area contributed by atoms with Gasteiger partial charge in [0, 0.05) is 48.0 Å². The molecule has 1 fully saturated rings. The van der Waals surface area contributed by atoms with Gasteiger partial charge < -0.3 is 15.4 Å². The highest BCUT2D eigenvalue weighted by molar-refractivity contribution is 6.04. The summed E-state index contributed by atoms with van der Waals surface area (Å²) in [6.07, 6.45) is 3.34. The van der Waals surface area contributed by atoms with Crippen LogP contribution in [0.1, 0.15) is 61.1 Å². The minimum Gasteiger partial charge on any atom is -0.444 e. The summed E-state index contributed by atoms with van der Waals surface area (Å²) in [4.78, 5) is 37.3. The molecule has 2 aromatic heterocycles. The number of carbonyl (C=O) groups is 2. The number of alkyl carbamates (subject to hydrolysis) is 1. The van der Waals surface area contributed by atoms with Crippen LogP contribution in [-0.2, 0) is 11.3 Å². The van der Waals surface area contributed by atoms with Crippen molar-refractivity contribution in [3.8, 4) is 22.3 Å². The van der Waals surface area contributed by atoms with E-state index in [4.69, 9.17) is 4.74 Å². The molecule has 1 saturated heterocycles. The molecule has 0 aliphatic carbocycles. The van der Waals surface area contributed by atoms with E-state index >= 15 is 0 Å². The van der Waals surface area contributed by atoms with E-state index < -0.39 is 5.60 Å². The first-order valence-corrected chi connectivity index (χ1v) is 15.1. The summed E-state index contributed by atoms with van der Waals surface area (Å²) in [5, 5.41) is 6.14. The Morgan fingerprint density at radius 3 is 2.41 bits per heavy atom. The third kappa shape index (κ3) is 8.51. The smallest absolute Gasteiger partial charge is 0.407 e. The van der Waals surface area contributed by atoms with Crippen molar-refractivity contribution in [2.45, 2.75) is 65.6 Å². The molecule has 8 nitrogen and oxygen atoms in total. The Bertz CT molecular complexity index is 1610. The van der Waals surface area contributed by atoms with Gasteiger partial charge in [-0.05, 0) is 113 Å². The molecule has 4 aromatic rings. The van der Waals surface area contributed by atoms with Crippen LogP contribution in [0.2, 0.25) is 0 Å². The first kappa shape index (κ1) is 30.9. The number of nitrogens with one attached hydrogen (secondary N) is 2. The van der Waals surface area contributed by atoms with Gasteiger partial charge in [0.1, 0.15) is 11.3 Å². The standard InChI is InChI=1S/C36H41N5O3/c1-24-13-14-28(21-37-24)30-17-26(22-41-15-9-12-31(23-41)40-35(43)44-36(3,4)5)18-32(19-30)39-34(42)33-20-29(16-25(2)38-33)27-10-7-6-8-11-27/h6-8,10-11,13-14,16-21,31H,9,12,15,22-23H2,1-5H3,(H,39,42)(H,40,43)/t31-/m0/s1. The summed E-state index contributed by atoms with van der Waals surface area (Å²) >= 11 is 0. The van der Waals surface area contributed by atoms with Gasteiger partial charge in [0.25, 0.3) is 5.91 Å². The fourth-order valence-corrected chi connectivity index (χ4v) is 5.49. The van der Waals surface area contributed by atoms with Crippen molar-refractivity contribution in [1.82, 2.24) is 20.2 Å².